The fourth-order valence-electron chi connectivity index (χ4n) is 5.37. The number of fused-ring (bicyclic) bond motifs is 4. The second-order valence-corrected chi connectivity index (χ2v) is 10.6. The van der Waals surface area contributed by atoms with Gasteiger partial charge in [0, 0.05) is 46.3 Å². The van der Waals surface area contributed by atoms with Gasteiger partial charge in [0.15, 0.2) is 0 Å². The maximum absolute atomic E-state index is 14.3. The first kappa shape index (κ1) is 33.7. The summed E-state index contributed by atoms with van der Waals surface area (Å²) in [5, 5.41) is 8.90. The lowest BCUT2D eigenvalue weighted by molar-refractivity contribution is -0.108. The Kier molecular flexibility index (Phi) is 11.0. The summed E-state index contributed by atoms with van der Waals surface area (Å²) in [5.74, 6) is -0.555. The third kappa shape index (κ3) is 7.16. The number of carbonyl (C=O) groups excluding carboxylic acids is 1. The number of aldehydes is 1. The minimum absolute atomic E-state index is 0.00161. The Morgan fingerprint density at radius 1 is 0.979 bits per heavy atom. The van der Waals surface area contributed by atoms with Crippen LogP contribution in [0.2, 0.25) is 0 Å². The van der Waals surface area contributed by atoms with Crippen LogP contribution in [0.1, 0.15) is 31.1 Å². The number of rotatable bonds is 9. The second kappa shape index (κ2) is 15.7. The van der Waals surface area contributed by atoms with Crippen molar-refractivity contribution < 1.29 is 18.0 Å². The number of benzene rings is 3. The third-order valence-electron chi connectivity index (χ3n) is 7.55. The molecular formula is C37H36F2N6O3. The molecule has 48 heavy (non-hydrogen) atoms. The van der Waals surface area contributed by atoms with Gasteiger partial charge in [-0.2, -0.15) is 0 Å². The Balaban J connectivity index is 0.000000268. The van der Waals surface area contributed by atoms with E-state index in [4.69, 9.17) is 4.42 Å². The van der Waals surface area contributed by atoms with Gasteiger partial charge in [-0.25, -0.2) is 13.8 Å². The number of carbonyl (C=O) groups is 1. The Morgan fingerprint density at radius 2 is 1.75 bits per heavy atom. The molecule has 0 aliphatic heterocycles. The highest BCUT2D eigenvalue weighted by Crippen LogP contribution is 2.31. The molecule has 0 saturated heterocycles. The van der Waals surface area contributed by atoms with Crippen molar-refractivity contribution in [2.24, 2.45) is 0 Å². The Morgan fingerprint density at radius 3 is 2.50 bits per heavy atom. The van der Waals surface area contributed by atoms with Gasteiger partial charge in [-0.1, -0.05) is 50.2 Å². The SMILES string of the molecule is CC.CNCc1cc2cnccc2[nH]1.O=CCn1c(-c2ccccc2F)ncc(NC(CF)c2ccc3oc4ccccc4c3c2)c1=O. The van der Waals surface area contributed by atoms with E-state index >= 15 is 0 Å². The van der Waals surface area contributed by atoms with Crippen LogP contribution >= 0.6 is 0 Å². The van der Waals surface area contributed by atoms with Gasteiger partial charge in [-0.3, -0.25) is 14.3 Å². The van der Waals surface area contributed by atoms with Crippen LogP contribution in [0.4, 0.5) is 14.5 Å². The molecule has 0 fully saturated rings. The van der Waals surface area contributed by atoms with Crippen LogP contribution in [0.3, 0.4) is 0 Å². The summed E-state index contributed by atoms with van der Waals surface area (Å²) in [6.07, 6.45) is 5.43. The molecule has 4 aromatic heterocycles. The van der Waals surface area contributed by atoms with E-state index in [9.17, 15) is 18.4 Å². The predicted octanol–water partition coefficient (Wildman–Crippen LogP) is 7.58. The van der Waals surface area contributed by atoms with Gasteiger partial charge in [0.1, 0.15) is 41.5 Å². The van der Waals surface area contributed by atoms with Crippen molar-refractivity contribution >= 4 is 44.8 Å². The van der Waals surface area contributed by atoms with Gasteiger partial charge < -0.3 is 24.8 Å². The lowest BCUT2D eigenvalue weighted by atomic mass is 10.0. The summed E-state index contributed by atoms with van der Waals surface area (Å²) >= 11 is 0. The average Bonchev–Trinajstić information content (AvgIpc) is 3.71. The smallest absolute Gasteiger partial charge is 0.277 e. The first-order chi connectivity index (χ1) is 23.5. The van der Waals surface area contributed by atoms with Gasteiger partial charge in [0.25, 0.3) is 5.56 Å². The molecule has 3 aromatic carbocycles. The molecule has 9 nitrogen and oxygen atoms in total. The topological polar surface area (TPSA) is 118 Å². The molecule has 246 valence electrons. The number of furan rings is 1. The lowest BCUT2D eigenvalue weighted by Crippen LogP contribution is -2.28. The molecular weight excluding hydrogens is 614 g/mol. The van der Waals surface area contributed by atoms with Gasteiger partial charge in [0.2, 0.25) is 0 Å². The molecule has 7 aromatic rings. The van der Waals surface area contributed by atoms with Crippen LogP contribution < -0.4 is 16.2 Å². The molecule has 0 spiro atoms. The summed E-state index contributed by atoms with van der Waals surface area (Å²) < 4.78 is 35.3. The standard InChI is InChI=1S/C26H19F2N3O3.C9H11N3.C2H6/c27-14-21(16-9-10-24-19(13-16)17-5-2-4-8-23(17)34-24)30-22-15-29-25(31(11-12-32)26(22)33)18-6-1-3-7-20(18)28;1-10-6-8-4-7-5-11-3-2-9(7)12-8;1-2/h1-10,12-13,15,21,30H,11,14H2;2-5,10,12H,6H2,1H3;1-2H3. The number of H-pyrrole nitrogens is 1. The highest BCUT2D eigenvalue weighted by molar-refractivity contribution is 6.05. The van der Waals surface area contributed by atoms with E-state index in [0.29, 0.717) is 17.4 Å². The van der Waals surface area contributed by atoms with Crippen LogP contribution in [0, 0.1) is 5.82 Å². The summed E-state index contributed by atoms with van der Waals surface area (Å²) in [5.41, 5.74) is 3.84. The normalized spacial score (nSPS) is 11.4. The van der Waals surface area contributed by atoms with Crippen LogP contribution in [0.15, 0.2) is 107 Å². The zero-order valence-corrected chi connectivity index (χ0v) is 26.8. The molecule has 0 radical (unpaired) electrons. The van der Waals surface area contributed by atoms with E-state index in [1.165, 1.54) is 35.5 Å². The van der Waals surface area contributed by atoms with Gasteiger partial charge in [-0.15, -0.1) is 0 Å². The monoisotopic (exact) mass is 650 g/mol. The maximum Gasteiger partial charge on any atom is 0.277 e. The molecule has 7 rings (SSSR count). The van der Waals surface area contributed by atoms with Crippen LogP contribution in [-0.2, 0) is 17.9 Å². The molecule has 0 saturated carbocycles. The third-order valence-corrected chi connectivity index (χ3v) is 7.55. The quantitative estimate of drug-likeness (QED) is 0.138. The number of aromatic amines is 1. The average molecular weight is 651 g/mol. The van der Waals surface area contributed by atoms with E-state index in [-0.39, 0.29) is 23.6 Å². The zero-order valence-electron chi connectivity index (χ0n) is 26.8. The zero-order chi connectivity index (χ0) is 34.0. The molecule has 3 N–H and O–H groups in total. The van der Waals surface area contributed by atoms with Gasteiger partial charge >= 0.3 is 0 Å². The van der Waals surface area contributed by atoms with E-state index in [0.717, 1.165) is 33.0 Å². The molecule has 0 aliphatic rings. The first-order valence-corrected chi connectivity index (χ1v) is 15.6. The molecule has 11 heteroatoms. The lowest BCUT2D eigenvalue weighted by Gasteiger charge is -2.18. The van der Waals surface area contributed by atoms with Crippen LogP contribution in [0.25, 0.3) is 44.2 Å². The van der Waals surface area contributed by atoms with Crippen LogP contribution in [0.5, 0.6) is 0 Å². The maximum atomic E-state index is 14.3. The summed E-state index contributed by atoms with van der Waals surface area (Å²) in [7, 11) is 1.93. The number of hydrogen-bond donors (Lipinski definition) is 3. The number of nitrogens with zero attached hydrogens (tertiary/aromatic N) is 3. The Hall–Kier alpha value is -5.68. The fourth-order valence-corrected chi connectivity index (χ4v) is 5.37. The fraction of sp³-hybridized carbons (Fsp3) is 0.189. The van der Waals surface area contributed by atoms with Crippen molar-refractivity contribution in [1.82, 2.24) is 24.8 Å². The Labute approximate surface area is 275 Å². The molecule has 0 bridgehead atoms. The minimum atomic E-state index is -0.850. The number of anilines is 1. The van der Waals surface area contributed by atoms with E-state index in [1.807, 2.05) is 63.5 Å². The predicted molar refractivity (Wildman–Crippen MR) is 186 cm³/mol. The van der Waals surface area contributed by atoms with E-state index < -0.39 is 24.1 Å². The van der Waals surface area contributed by atoms with E-state index in [2.05, 4.69) is 31.7 Å². The first-order valence-electron chi connectivity index (χ1n) is 15.6. The summed E-state index contributed by atoms with van der Waals surface area (Å²) in [4.78, 5) is 35.9. The molecule has 4 heterocycles. The number of halogens is 2. The number of nitrogens with one attached hydrogen (secondary N) is 3. The van der Waals surface area contributed by atoms with Gasteiger partial charge in [0.05, 0.1) is 24.3 Å². The van der Waals surface area contributed by atoms with Gasteiger partial charge in [-0.05, 0) is 55.1 Å². The highest BCUT2D eigenvalue weighted by Gasteiger charge is 2.19. The number of hydrogen-bond acceptors (Lipinski definition) is 7. The van der Waals surface area contributed by atoms with Crippen molar-refractivity contribution in [2.45, 2.75) is 33.0 Å². The summed E-state index contributed by atoms with van der Waals surface area (Å²) in [6, 6.07) is 21.9. The summed E-state index contributed by atoms with van der Waals surface area (Å²) in [6.45, 7) is 3.75. The van der Waals surface area contributed by atoms with E-state index in [1.54, 1.807) is 24.4 Å². The minimum Gasteiger partial charge on any atom is -0.456 e. The number of aromatic nitrogens is 4. The van der Waals surface area contributed by atoms with Crippen LogP contribution in [-0.4, -0.2) is 39.5 Å². The number of alkyl halides is 1. The molecule has 0 aliphatic carbocycles. The van der Waals surface area contributed by atoms with Crippen molar-refractivity contribution in [3.05, 3.63) is 125 Å². The second-order valence-electron chi connectivity index (χ2n) is 10.6. The highest BCUT2D eigenvalue weighted by atomic mass is 19.1. The Bertz CT molecular complexity index is 2170. The molecule has 1 atom stereocenters. The molecule has 0 amide bonds. The van der Waals surface area contributed by atoms with Crippen molar-refractivity contribution in [2.75, 3.05) is 19.0 Å². The number of pyridine rings is 1. The molecule has 1 unspecified atom stereocenters. The largest absolute Gasteiger partial charge is 0.456 e. The number of para-hydroxylation sites is 1. The van der Waals surface area contributed by atoms with Crippen molar-refractivity contribution in [3.8, 4) is 11.4 Å². The van der Waals surface area contributed by atoms with Crippen molar-refractivity contribution in [3.63, 3.8) is 0 Å². The van der Waals surface area contributed by atoms with Crippen molar-refractivity contribution in [1.29, 1.82) is 0 Å².